The Morgan fingerprint density at radius 3 is 2.32 bits per heavy atom. The van der Waals surface area contributed by atoms with Crippen molar-refractivity contribution in [2.75, 3.05) is 23.1 Å². The van der Waals surface area contributed by atoms with E-state index in [1.807, 2.05) is 30.3 Å². The van der Waals surface area contributed by atoms with Gasteiger partial charge in [0.25, 0.3) is 10.0 Å². The molecule has 0 fully saturated rings. The van der Waals surface area contributed by atoms with Gasteiger partial charge in [0, 0.05) is 22.2 Å². The number of rotatable bonds is 9. The zero-order valence-electron chi connectivity index (χ0n) is 17.0. The van der Waals surface area contributed by atoms with Gasteiger partial charge in [-0.25, -0.2) is 8.42 Å². The summed E-state index contributed by atoms with van der Waals surface area (Å²) in [4.78, 5) is 13.9. The van der Waals surface area contributed by atoms with Crippen molar-refractivity contribution in [1.29, 1.82) is 0 Å². The summed E-state index contributed by atoms with van der Waals surface area (Å²) < 4.78 is 27.8. The summed E-state index contributed by atoms with van der Waals surface area (Å²) in [6.07, 6.45) is 0. The number of benzene rings is 3. The van der Waals surface area contributed by atoms with Crippen LogP contribution in [-0.4, -0.2) is 33.2 Å². The molecule has 3 rings (SSSR count). The maximum atomic E-state index is 13.3. The Hall–Kier alpha value is -2.48. The SMILES string of the molecule is Cc1ccc(Cl)cc1N(CC(=O)NCCSc1ccccc1)S(=O)(=O)c1ccccc1. The lowest BCUT2D eigenvalue weighted by Crippen LogP contribution is -2.41. The Kier molecular flexibility index (Phi) is 8.01. The molecule has 3 aromatic rings. The molecule has 1 amide bonds. The van der Waals surface area contributed by atoms with E-state index < -0.39 is 10.0 Å². The molecule has 1 N–H and O–H groups in total. The third kappa shape index (κ3) is 6.26. The third-order valence-corrected chi connectivity index (χ3v) is 7.52. The number of hydrogen-bond acceptors (Lipinski definition) is 4. The molecule has 162 valence electrons. The molecule has 0 saturated heterocycles. The number of sulfonamides is 1. The molecule has 0 atom stereocenters. The average Bonchev–Trinajstić information content (AvgIpc) is 2.78. The normalized spacial score (nSPS) is 11.2. The van der Waals surface area contributed by atoms with Crippen molar-refractivity contribution in [2.24, 2.45) is 0 Å². The molecule has 0 aliphatic carbocycles. The van der Waals surface area contributed by atoms with Crippen LogP contribution in [0.5, 0.6) is 0 Å². The summed E-state index contributed by atoms with van der Waals surface area (Å²) in [5.41, 5.74) is 1.08. The van der Waals surface area contributed by atoms with Gasteiger partial charge in [-0.1, -0.05) is 54.1 Å². The molecule has 0 saturated carbocycles. The molecule has 0 aliphatic heterocycles. The summed E-state index contributed by atoms with van der Waals surface area (Å²) >= 11 is 7.75. The molecule has 0 bridgehead atoms. The van der Waals surface area contributed by atoms with Gasteiger partial charge in [-0.2, -0.15) is 0 Å². The lowest BCUT2D eigenvalue weighted by atomic mass is 10.2. The number of thioether (sulfide) groups is 1. The quantitative estimate of drug-likeness (QED) is 0.359. The first-order valence-electron chi connectivity index (χ1n) is 9.66. The fourth-order valence-electron chi connectivity index (χ4n) is 2.93. The number of amides is 1. The van der Waals surface area contributed by atoms with E-state index >= 15 is 0 Å². The van der Waals surface area contributed by atoms with Crippen molar-refractivity contribution in [3.05, 3.63) is 89.4 Å². The van der Waals surface area contributed by atoms with Crippen LogP contribution in [0.3, 0.4) is 0 Å². The van der Waals surface area contributed by atoms with E-state index in [9.17, 15) is 13.2 Å². The van der Waals surface area contributed by atoms with E-state index in [4.69, 9.17) is 11.6 Å². The van der Waals surface area contributed by atoms with Crippen LogP contribution in [0.25, 0.3) is 0 Å². The Bertz CT molecular complexity index is 1120. The number of aryl methyl sites for hydroxylation is 1. The first-order valence-corrected chi connectivity index (χ1v) is 12.5. The van der Waals surface area contributed by atoms with Gasteiger partial charge in [0.15, 0.2) is 0 Å². The predicted octanol–water partition coefficient (Wildman–Crippen LogP) is 4.75. The maximum Gasteiger partial charge on any atom is 0.264 e. The van der Waals surface area contributed by atoms with E-state index in [-0.39, 0.29) is 17.3 Å². The average molecular weight is 475 g/mol. The van der Waals surface area contributed by atoms with E-state index in [1.165, 1.54) is 12.1 Å². The lowest BCUT2D eigenvalue weighted by molar-refractivity contribution is -0.119. The van der Waals surface area contributed by atoms with Crippen molar-refractivity contribution in [1.82, 2.24) is 5.32 Å². The number of nitrogens with one attached hydrogen (secondary N) is 1. The van der Waals surface area contributed by atoms with Gasteiger partial charge in [-0.3, -0.25) is 9.10 Å². The van der Waals surface area contributed by atoms with Crippen LogP contribution in [0.2, 0.25) is 5.02 Å². The third-order valence-electron chi connectivity index (χ3n) is 4.49. The van der Waals surface area contributed by atoms with E-state index in [2.05, 4.69) is 5.32 Å². The molecule has 0 aromatic heterocycles. The number of halogens is 1. The Labute approximate surface area is 192 Å². The van der Waals surface area contributed by atoms with Crippen molar-refractivity contribution in [2.45, 2.75) is 16.7 Å². The van der Waals surface area contributed by atoms with Crippen LogP contribution in [0.1, 0.15) is 5.56 Å². The maximum absolute atomic E-state index is 13.3. The highest BCUT2D eigenvalue weighted by Gasteiger charge is 2.28. The monoisotopic (exact) mass is 474 g/mol. The Morgan fingerprint density at radius 1 is 1.00 bits per heavy atom. The zero-order chi connectivity index (χ0) is 22.3. The number of anilines is 1. The Balaban J connectivity index is 1.75. The standard InChI is InChI=1S/C23H23ClN2O3S2/c1-18-12-13-19(24)16-22(18)26(31(28,29)21-10-6-3-7-11-21)17-23(27)25-14-15-30-20-8-4-2-5-9-20/h2-13,16H,14-15,17H2,1H3,(H,25,27). The van der Waals surface area contributed by atoms with Crippen LogP contribution in [0.4, 0.5) is 5.69 Å². The fourth-order valence-corrected chi connectivity index (χ4v) is 5.39. The van der Waals surface area contributed by atoms with Crippen molar-refractivity contribution in [3.8, 4) is 0 Å². The molecule has 0 unspecified atom stereocenters. The minimum atomic E-state index is -3.95. The second-order valence-corrected chi connectivity index (χ2v) is 10.2. The van der Waals surface area contributed by atoms with E-state index in [0.29, 0.717) is 28.6 Å². The lowest BCUT2D eigenvalue weighted by Gasteiger charge is -2.25. The van der Waals surface area contributed by atoms with Gasteiger partial charge in [-0.15, -0.1) is 11.8 Å². The van der Waals surface area contributed by atoms with Gasteiger partial charge in [-0.05, 0) is 48.9 Å². The van der Waals surface area contributed by atoms with E-state index in [1.54, 1.807) is 55.1 Å². The molecule has 8 heteroatoms. The van der Waals surface area contributed by atoms with Gasteiger partial charge < -0.3 is 5.32 Å². The topological polar surface area (TPSA) is 66.5 Å². The Morgan fingerprint density at radius 2 is 1.65 bits per heavy atom. The predicted molar refractivity (Wildman–Crippen MR) is 127 cm³/mol. The van der Waals surface area contributed by atoms with Crippen LogP contribution in [0, 0.1) is 6.92 Å². The molecule has 0 heterocycles. The summed E-state index contributed by atoms with van der Waals surface area (Å²) in [5, 5.41) is 3.21. The zero-order valence-corrected chi connectivity index (χ0v) is 19.4. The summed E-state index contributed by atoms with van der Waals surface area (Å²) in [7, 11) is -3.95. The van der Waals surface area contributed by atoms with Gasteiger partial charge in [0.1, 0.15) is 6.54 Å². The minimum Gasteiger partial charge on any atom is -0.354 e. The molecule has 3 aromatic carbocycles. The summed E-state index contributed by atoms with van der Waals surface area (Å²) in [5.74, 6) is 0.296. The highest BCUT2D eigenvalue weighted by Crippen LogP contribution is 2.29. The van der Waals surface area contributed by atoms with E-state index in [0.717, 1.165) is 9.20 Å². The molecule has 0 spiro atoms. The van der Waals surface area contributed by atoms with Crippen molar-refractivity contribution in [3.63, 3.8) is 0 Å². The molecular weight excluding hydrogens is 452 g/mol. The van der Waals surface area contributed by atoms with Crippen LogP contribution < -0.4 is 9.62 Å². The number of carbonyl (C=O) groups is 1. The van der Waals surface area contributed by atoms with Crippen molar-refractivity contribution >= 4 is 45.0 Å². The van der Waals surface area contributed by atoms with Crippen LogP contribution >= 0.6 is 23.4 Å². The molecule has 0 radical (unpaired) electrons. The highest BCUT2D eigenvalue weighted by atomic mass is 35.5. The number of nitrogens with zero attached hydrogens (tertiary/aromatic N) is 1. The van der Waals surface area contributed by atoms with Gasteiger partial charge in [0.05, 0.1) is 10.6 Å². The second-order valence-electron chi connectivity index (χ2n) is 6.77. The largest absolute Gasteiger partial charge is 0.354 e. The smallest absolute Gasteiger partial charge is 0.264 e. The second kappa shape index (κ2) is 10.7. The fraction of sp³-hybridized carbons (Fsp3) is 0.174. The summed E-state index contributed by atoms with van der Waals surface area (Å²) in [6, 6.07) is 22.9. The first-order chi connectivity index (χ1) is 14.9. The molecule has 31 heavy (non-hydrogen) atoms. The van der Waals surface area contributed by atoms with Crippen LogP contribution in [0.15, 0.2) is 88.7 Å². The molecule has 0 aliphatic rings. The molecular formula is C23H23ClN2O3S2. The van der Waals surface area contributed by atoms with Gasteiger partial charge >= 0.3 is 0 Å². The van der Waals surface area contributed by atoms with Crippen molar-refractivity contribution < 1.29 is 13.2 Å². The first kappa shape index (κ1) is 23.2. The van der Waals surface area contributed by atoms with Gasteiger partial charge in [0.2, 0.25) is 5.91 Å². The number of carbonyl (C=O) groups excluding carboxylic acids is 1. The minimum absolute atomic E-state index is 0.113. The van der Waals surface area contributed by atoms with Crippen LogP contribution in [-0.2, 0) is 14.8 Å². The summed E-state index contributed by atoms with van der Waals surface area (Å²) in [6.45, 7) is 1.87. The number of hydrogen-bond donors (Lipinski definition) is 1. The molecule has 5 nitrogen and oxygen atoms in total. The highest BCUT2D eigenvalue weighted by molar-refractivity contribution is 7.99.